The van der Waals surface area contributed by atoms with E-state index in [1.807, 2.05) is 16.9 Å². The first-order valence-electron chi connectivity index (χ1n) is 4.23. The number of rotatable bonds is 4. The molecule has 1 rings (SSSR count). The zero-order valence-corrected chi connectivity index (χ0v) is 7.95. The average Bonchev–Trinajstić information content (AvgIpc) is 2.36. The third kappa shape index (κ3) is 2.66. The van der Waals surface area contributed by atoms with Crippen LogP contribution in [-0.4, -0.2) is 16.9 Å². The van der Waals surface area contributed by atoms with Gasteiger partial charge in [-0.05, 0) is 12.0 Å². The van der Waals surface area contributed by atoms with Crippen LogP contribution in [0.1, 0.15) is 19.5 Å². The fourth-order valence-electron chi connectivity index (χ4n) is 1.10. The van der Waals surface area contributed by atoms with Gasteiger partial charge in [0.25, 0.3) is 0 Å². The second-order valence-corrected chi connectivity index (χ2v) is 3.36. The first-order chi connectivity index (χ1) is 5.72. The van der Waals surface area contributed by atoms with E-state index in [0.717, 1.165) is 12.2 Å². The monoisotopic (exact) mass is 168 g/mol. The molecule has 0 radical (unpaired) electrons. The van der Waals surface area contributed by atoms with Crippen molar-refractivity contribution in [2.75, 3.05) is 7.11 Å². The topological polar surface area (TPSA) is 27.1 Å². The maximum Gasteiger partial charge on any atom is 0.0902 e. The van der Waals surface area contributed by atoms with E-state index in [0.29, 0.717) is 12.5 Å². The molecule has 1 aromatic heterocycles. The number of ether oxygens (including phenoxy) is 1. The first kappa shape index (κ1) is 9.26. The summed E-state index contributed by atoms with van der Waals surface area (Å²) in [4.78, 5) is 0. The van der Waals surface area contributed by atoms with Gasteiger partial charge in [-0.1, -0.05) is 13.8 Å². The predicted octanol–water partition coefficient (Wildman–Crippen LogP) is 1.69. The highest BCUT2D eigenvalue weighted by molar-refractivity contribution is 4.96. The Balaban J connectivity index is 2.52. The van der Waals surface area contributed by atoms with Crippen LogP contribution in [-0.2, 0) is 17.9 Å². The number of nitrogens with zero attached hydrogens (tertiary/aromatic N) is 2. The normalized spacial score (nSPS) is 11.0. The molecule has 0 unspecified atom stereocenters. The van der Waals surface area contributed by atoms with Gasteiger partial charge in [0.05, 0.1) is 12.3 Å². The number of hydrogen-bond donors (Lipinski definition) is 0. The second kappa shape index (κ2) is 4.26. The molecule has 0 spiro atoms. The van der Waals surface area contributed by atoms with Crippen LogP contribution in [0, 0.1) is 5.92 Å². The lowest BCUT2D eigenvalue weighted by molar-refractivity contribution is 0.180. The van der Waals surface area contributed by atoms with Crippen molar-refractivity contribution < 1.29 is 4.74 Å². The lowest BCUT2D eigenvalue weighted by atomic mass is 10.2. The quantitative estimate of drug-likeness (QED) is 0.684. The minimum atomic E-state index is 0.602. The number of methoxy groups -OCH3 is 1. The van der Waals surface area contributed by atoms with E-state index in [9.17, 15) is 0 Å². The van der Waals surface area contributed by atoms with Gasteiger partial charge in [-0.25, -0.2) is 0 Å². The number of hydrogen-bond acceptors (Lipinski definition) is 2. The van der Waals surface area contributed by atoms with E-state index in [1.54, 1.807) is 7.11 Å². The molecular weight excluding hydrogens is 152 g/mol. The van der Waals surface area contributed by atoms with Crippen LogP contribution in [0.15, 0.2) is 12.3 Å². The van der Waals surface area contributed by atoms with Crippen molar-refractivity contribution in [1.29, 1.82) is 0 Å². The highest BCUT2D eigenvalue weighted by Gasteiger charge is 1.99. The Kier molecular flexibility index (Phi) is 3.29. The summed E-state index contributed by atoms with van der Waals surface area (Å²) < 4.78 is 6.93. The Labute approximate surface area is 73.3 Å². The zero-order chi connectivity index (χ0) is 8.97. The Morgan fingerprint density at radius 1 is 1.58 bits per heavy atom. The molecule has 0 aliphatic carbocycles. The van der Waals surface area contributed by atoms with Crippen LogP contribution >= 0.6 is 0 Å². The molecule has 0 fully saturated rings. The molecule has 0 aromatic carbocycles. The van der Waals surface area contributed by atoms with Gasteiger partial charge in [-0.3, -0.25) is 4.68 Å². The summed E-state index contributed by atoms with van der Waals surface area (Å²) in [5, 5.41) is 4.33. The molecule has 3 heteroatoms. The van der Waals surface area contributed by atoms with E-state index in [1.165, 1.54) is 0 Å². The third-order valence-corrected chi connectivity index (χ3v) is 1.54. The Bertz CT molecular complexity index is 230. The minimum Gasteiger partial charge on any atom is -0.378 e. The minimum absolute atomic E-state index is 0.602. The molecule has 3 nitrogen and oxygen atoms in total. The maximum atomic E-state index is 4.97. The Morgan fingerprint density at radius 2 is 2.33 bits per heavy atom. The van der Waals surface area contributed by atoms with Gasteiger partial charge in [-0.2, -0.15) is 5.10 Å². The largest absolute Gasteiger partial charge is 0.378 e. The van der Waals surface area contributed by atoms with Crippen LogP contribution in [0.4, 0.5) is 0 Å². The summed E-state index contributed by atoms with van der Waals surface area (Å²) in [5.41, 5.74) is 0.998. The highest BCUT2D eigenvalue weighted by atomic mass is 16.5. The third-order valence-electron chi connectivity index (χ3n) is 1.54. The average molecular weight is 168 g/mol. The molecule has 0 N–H and O–H groups in total. The van der Waals surface area contributed by atoms with Crippen molar-refractivity contribution in [3.63, 3.8) is 0 Å². The molecule has 0 aliphatic heterocycles. The van der Waals surface area contributed by atoms with Gasteiger partial charge >= 0.3 is 0 Å². The van der Waals surface area contributed by atoms with Gasteiger partial charge in [0.2, 0.25) is 0 Å². The summed E-state index contributed by atoms with van der Waals surface area (Å²) in [5.74, 6) is 0.639. The predicted molar refractivity (Wildman–Crippen MR) is 47.8 cm³/mol. The van der Waals surface area contributed by atoms with Crippen LogP contribution in [0.2, 0.25) is 0 Å². The van der Waals surface area contributed by atoms with E-state index < -0.39 is 0 Å². The first-order valence-corrected chi connectivity index (χ1v) is 4.23. The molecule has 0 amide bonds. The standard InChI is InChI=1S/C9H16N2O/c1-8(2)6-11-5-4-9(10-11)7-12-3/h4-5,8H,6-7H2,1-3H3. The van der Waals surface area contributed by atoms with E-state index in [4.69, 9.17) is 4.74 Å². The second-order valence-electron chi connectivity index (χ2n) is 3.36. The fourth-order valence-corrected chi connectivity index (χ4v) is 1.10. The van der Waals surface area contributed by atoms with Crippen LogP contribution in [0.3, 0.4) is 0 Å². The molecule has 1 heterocycles. The van der Waals surface area contributed by atoms with Crippen molar-refractivity contribution in [2.45, 2.75) is 27.0 Å². The SMILES string of the molecule is COCc1ccn(CC(C)C)n1. The summed E-state index contributed by atoms with van der Waals surface area (Å²) in [6.45, 7) is 5.93. The summed E-state index contributed by atoms with van der Waals surface area (Å²) >= 11 is 0. The molecule has 0 aliphatic rings. The van der Waals surface area contributed by atoms with Crippen molar-refractivity contribution in [2.24, 2.45) is 5.92 Å². The van der Waals surface area contributed by atoms with Crippen LogP contribution in [0.25, 0.3) is 0 Å². The molecule has 0 atom stereocenters. The summed E-state index contributed by atoms with van der Waals surface area (Å²) in [6.07, 6.45) is 1.99. The molecule has 68 valence electrons. The molecule has 0 bridgehead atoms. The highest BCUT2D eigenvalue weighted by Crippen LogP contribution is 2.01. The molecule has 1 aromatic rings. The molecule has 0 saturated carbocycles. The van der Waals surface area contributed by atoms with E-state index >= 15 is 0 Å². The van der Waals surface area contributed by atoms with Crippen molar-refractivity contribution in [3.05, 3.63) is 18.0 Å². The van der Waals surface area contributed by atoms with Crippen LogP contribution in [0.5, 0.6) is 0 Å². The Hall–Kier alpha value is -0.830. The molecule has 0 saturated heterocycles. The van der Waals surface area contributed by atoms with E-state index in [-0.39, 0.29) is 0 Å². The lowest BCUT2D eigenvalue weighted by Crippen LogP contribution is -2.05. The smallest absolute Gasteiger partial charge is 0.0902 e. The summed E-state index contributed by atoms with van der Waals surface area (Å²) in [7, 11) is 1.68. The molecular formula is C9H16N2O. The molecule has 12 heavy (non-hydrogen) atoms. The van der Waals surface area contributed by atoms with Gasteiger partial charge in [0, 0.05) is 19.9 Å². The lowest BCUT2D eigenvalue weighted by Gasteiger charge is -2.03. The van der Waals surface area contributed by atoms with Gasteiger partial charge in [0.1, 0.15) is 0 Å². The van der Waals surface area contributed by atoms with Crippen LogP contribution < -0.4 is 0 Å². The summed E-state index contributed by atoms with van der Waals surface area (Å²) in [6, 6.07) is 1.99. The van der Waals surface area contributed by atoms with Gasteiger partial charge in [0.15, 0.2) is 0 Å². The van der Waals surface area contributed by atoms with Crippen molar-refractivity contribution in [3.8, 4) is 0 Å². The van der Waals surface area contributed by atoms with Crippen molar-refractivity contribution >= 4 is 0 Å². The fraction of sp³-hybridized carbons (Fsp3) is 0.667. The van der Waals surface area contributed by atoms with E-state index in [2.05, 4.69) is 18.9 Å². The number of aromatic nitrogens is 2. The Morgan fingerprint density at radius 3 is 2.92 bits per heavy atom. The maximum absolute atomic E-state index is 4.97. The zero-order valence-electron chi connectivity index (χ0n) is 7.95. The van der Waals surface area contributed by atoms with Gasteiger partial charge in [-0.15, -0.1) is 0 Å². The van der Waals surface area contributed by atoms with Gasteiger partial charge < -0.3 is 4.74 Å². The van der Waals surface area contributed by atoms with Crippen molar-refractivity contribution in [1.82, 2.24) is 9.78 Å².